The van der Waals surface area contributed by atoms with Crippen LogP contribution >= 0.6 is 0 Å². The molecule has 0 bridgehead atoms. The molecule has 28 heavy (non-hydrogen) atoms. The van der Waals surface area contributed by atoms with Crippen LogP contribution in [0.4, 0.5) is 17.3 Å². The predicted octanol–water partition coefficient (Wildman–Crippen LogP) is 6.44. The molecule has 3 nitrogen and oxygen atoms in total. The van der Waals surface area contributed by atoms with Crippen molar-refractivity contribution in [2.45, 2.75) is 26.2 Å². The Morgan fingerprint density at radius 3 is 2.68 bits per heavy atom. The fourth-order valence-electron chi connectivity index (χ4n) is 4.64. The summed E-state index contributed by atoms with van der Waals surface area (Å²) in [5.41, 5.74) is 8.37. The summed E-state index contributed by atoms with van der Waals surface area (Å²) in [6.45, 7) is 2.94. The summed E-state index contributed by atoms with van der Waals surface area (Å²) in [6.07, 6.45) is 3.02. The number of benzene rings is 3. The molecule has 6 rings (SSSR count). The van der Waals surface area contributed by atoms with Crippen LogP contribution in [0.15, 0.2) is 65.1 Å². The topological polar surface area (TPSA) is 25.6 Å². The highest BCUT2D eigenvalue weighted by Crippen LogP contribution is 2.51. The van der Waals surface area contributed by atoms with E-state index in [0.717, 1.165) is 48.8 Å². The summed E-state index contributed by atoms with van der Waals surface area (Å²) < 4.78 is 12.6. The minimum atomic E-state index is 0.770. The monoisotopic (exact) mass is 367 g/mol. The second-order valence-electron chi connectivity index (χ2n) is 7.68. The van der Waals surface area contributed by atoms with Crippen LogP contribution in [0.1, 0.15) is 28.7 Å². The van der Waals surface area contributed by atoms with Gasteiger partial charge in [0.15, 0.2) is 0 Å². The summed E-state index contributed by atoms with van der Waals surface area (Å²) >= 11 is 0. The zero-order chi connectivity index (χ0) is 18.7. The first kappa shape index (κ1) is 15.8. The zero-order valence-corrected chi connectivity index (χ0v) is 15.9. The molecule has 0 N–H and O–H groups in total. The fraction of sp³-hybridized carbons (Fsp3) is 0.200. The predicted molar refractivity (Wildman–Crippen MR) is 112 cm³/mol. The van der Waals surface area contributed by atoms with Crippen molar-refractivity contribution in [2.75, 3.05) is 11.5 Å². The molecule has 0 atom stereocenters. The number of anilines is 3. The molecule has 2 aliphatic rings. The first-order valence-electron chi connectivity index (χ1n) is 9.95. The van der Waals surface area contributed by atoms with Crippen LogP contribution in [0, 0.1) is 6.92 Å². The number of para-hydroxylation sites is 2. The molecule has 3 heteroatoms. The molecule has 0 saturated carbocycles. The lowest BCUT2D eigenvalue weighted by molar-refractivity contribution is 0.289. The average molecular weight is 367 g/mol. The minimum absolute atomic E-state index is 0.770. The quantitative estimate of drug-likeness (QED) is 0.341. The summed E-state index contributed by atoms with van der Waals surface area (Å²) in [6, 6.07) is 21.3. The van der Waals surface area contributed by atoms with Crippen LogP contribution < -0.4 is 9.64 Å². The second kappa shape index (κ2) is 5.90. The van der Waals surface area contributed by atoms with Crippen molar-refractivity contribution in [2.24, 2.45) is 0 Å². The van der Waals surface area contributed by atoms with Gasteiger partial charge in [0.2, 0.25) is 5.88 Å². The first-order chi connectivity index (χ1) is 13.8. The van der Waals surface area contributed by atoms with Crippen LogP contribution in [-0.4, -0.2) is 6.61 Å². The van der Waals surface area contributed by atoms with Gasteiger partial charge >= 0.3 is 0 Å². The van der Waals surface area contributed by atoms with Crippen molar-refractivity contribution in [1.29, 1.82) is 0 Å². The molecule has 0 fully saturated rings. The van der Waals surface area contributed by atoms with E-state index in [-0.39, 0.29) is 0 Å². The molecule has 0 amide bonds. The van der Waals surface area contributed by atoms with Gasteiger partial charge in [0.25, 0.3) is 0 Å². The van der Waals surface area contributed by atoms with Gasteiger partial charge in [-0.05, 0) is 54.7 Å². The summed E-state index contributed by atoms with van der Waals surface area (Å²) in [5, 5.41) is 1.19. The van der Waals surface area contributed by atoms with Gasteiger partial charge in [-0.15, -0.1) is 0 Å². The zero-order valence-electron chi connectivity index (χ0n) is 15.9. The highest BCUT2D eigenvalue weighted by molar-refractivity contribution is 5.94. The van der Waals surface area contributed by atoms with E-state index in [1.807, 2.05) is 6.07 Å². The van der Waals surface area contributed by atoms with Gasteiger partial charge in [-0.25, -0.2) is 0 Å². The molecule has 0 saturated heterocycles. The van der Waals surface area contributed by atoms with Crippen LogP contribution in [0.2, 0.25) is 0 Å². The summed E-state index contributed by atoms with van der Waals surface area (Å²) in [5.74, 6) is 1.93. The lowest BCUT2D eigenvalue weighted by atomic mass is 9.95. The van der Waals surface area contributed by atoms with Crippen molar-refractivity contribution in [3.05, 3.63) is 82.9 Å². The third-order valence-electron chi connectivity index (χ3n) is 6.01. The van der Waals surface area contributed by atoms with E-state index in [1.165, 1.54) is 33.3 Å². The Balaban J connectivity index is 1.66. The van der Waals surface area contributed by atoms with Crippen molar-refractivity contribution < 1.29 is 9.15 Å². The molecule has 0 radical (unpaired) electrons. The minimum Gasteiger partial charge on any atom is -0.491 e. The van der Waals surface area contributed by atoms with Crippen molar-refractivity contribution >= 4 is 28.2 Å². The van der Waals surface area contributed by atoms with Gasteiger partial charge in [0.05, 0.1) is 18.0 Å². The van der Waals surface area contributed by atoms with E-state index < -0.39 is 0 Å². The van der Waals surface area contributed by atoms with E-state index in [2.05, 4.69) is 66.4 Å². The lowest BCUT2D eigenvalue weighted by Gasteiger charge is -2.33. The maximum absolute atomic E-state index is 6.41. The molecular formula is C25H21NO2. The molecule has 2 aliphatic heterocycles. The number of nitrogens with zero attached hydrogens (tertiary/aromatic N) is 1. The number of hydrogen-bond acceptors (Lipinski definition) is 3. The van der Waals surface area contributed by atoms with Crippen LogP contribution in [0.5, 0.6) is 5.75 Å². The smallest absolute Gasteiger partial charge is 0.209 e. The van der Waals surface area contributed by atoms with E-state index in [4.69, 9.17) is 9.15 Å². The molecule has 1 aromatic heterocycles. The number of rotatable bonds is 1. The van der Waals surface area contributed by atoms with Gasteiger partial charge < -0.3 is 9.15 Å². The molecule has 0 aliphatic carbocycles. The number of ether oxygens (including phenoxy) is 1. The number of hydrogen-bond donors (Lipinski definition) is 0. The van der Waals surface area contributed by atoms with E-state index >= 15 is 0 Å². The average Bonchev–Trinajstić information content (AvgIpc) is 3.11. The Morgan fingerprint density at radius 1 is 0.857 bits per heavy atom. The fourth-order valence-corrected chi connectivity index (χ4v) is 4.64. The Labute approximate surface area is 164 Å². The van der Waals surface area contributed by atoms with Crippen molar-refractivity contribution in [3.8, 4) is 5.75 Å². The summed E-state index contributed by atoms with van der Waals surface area (Å²) in [7, 11) is 0. The molecular weight excluding hydrogens is 346 g/mol. The maximum Gasteiger partial charge on any atom is 0.209 e. The van der Waals surface area contributed by atoms with Crippen molar-refractivity contribution in [3.63, 3.8) is 0 Å². The molecule has 3 aromatic carbocycles. The Bertz CT molecular complexity index is 1220. The van der Waals surface area contributed by atoms with E-state index in [9.17, 15) is 0 Å². The number of fused-ring (bicyclic) bond motifs is 5. The lowest BCUT2D eigenvalue weighted by Crippen LogP contribution is -2.20. The molecule has 4 aromatic rings. The first-order valence-corrected chi connectivity index (χ1v) is 9.95. The standard InChI is InChI=1S/C25H21NO2/c1-16-12-13-22(24-18(16)9-6-14-27-24)26-21-10-4-2-7-17(21)15-20-19-8-3-5-11-23(19)28-25(20)26/h2-5,7-8,10-13H,6,9,14-15H2,1H3. The molecule has 3 heterocycles. The van der Waals surface area contributed by atoms with Gasteiger partial charge in [-0.2, -0.15) is 0 Å². The van der Waals surface area contributed by atoms with Gasteiger partial charge in [-0.1, -0.05) is 42.5 Å². The Kier molecular flexibility index (Phi) is 3.33. The van der Waals surface area contributed by atoms with Crippen LogP contribution in [0.25, 0.3) is 11.0 Å². The Hall–Kier alpha value is -3.20. The Morgan fingerprint density at radius 2 is 1.71 bits per heavy atom. The molecule has 0 spiro atoms. The van der Waals surface area contributed by atoms with Gasteiger partial charge in [0, 0.05) is 17.4 Å². The van der Waals surface area contributed by atoms with Crippen LogP contribution in [-0.2, 0) is 12.8 Å². The molecule has 0 unspecified atom stereocenters. The van der Waals surface area contributed by atoms with Gasteiger partial charge in [-0.3, -0.25) is 4.90 Å². The largest absolute Gasteiger partial charge is 0.491 e. The number of furan rings is 1. The van der Waals surface area contributed by atoms with Crippen LogP contribution in [0.3, 0.4) is 0 Å². The SMILES string of the molecule is Cc1ccc(N2c3ccccc3Cc3c2oc2ccccc32)c2c1CCCO2. The second-order valence-corrected chi connectivity index (χ2v) is 7.68. The normalized spacial score (nSPS) is 15.0. The summed E-state index contributed by atoms with van der Waals surface area (Å²) in [4.78, 5) is 2.26. The highest BCUT2D eigenvalue weighted by atomic mass is 16.5. The number of aryl methyl sites for hydroxylation is 1. The van der Waals surface area contributed by atoms with E-state index in [1.54, 1.807) is 0 Å². The van der Waals surface area contributed by atoms with Crippen molar-refractivity contribution in [1.82, 2.24) is 0 Å². The molecule has 138 valence electrons. The maximum atomic E-state index is 6.41. The highest BCUT2D eigenvalue weighted by Gasteiger charge is 2.32. The third kappa shape index (κ3) is 2.16. The van der Waals surface area contributed by atoms with E-state index in [0.29, 0.717) is 0 Å². The van der Waals surface area contributed by atoms with Gasteiger partial charge in [0.1, 0.15) is 11.3 Å². The third-order valence-corrected chi connectivity index (χ3v) is 6.01.